The summed E-state index contributed by atoms with van der Waals surface area (Å²) in [6.45, 7) is 3.04. The van der Waals surface area contributed by atoms with Gasteiger partial charge in [0.25, 0.3) is 5.91 Å². The third-order valence-electron chi connectivity index (χ3n) is 4.21. The Morgan fingerprint density at radius 2 is 1.96 bits per heavy atom. The van der Waals surface area contributed by atoms with Crippen LogP contribution < -0.4 is 15.0 Å². The lowest BCUT2D eigenvalue weighted by atomic mass is 10.1. The third kappa shape index (κ3) is 4.07. The van der Waals surface area contributed by atoms with E-state index in [1.165, 1.54) is 12.1 Å². The van der Waals surface area contributed by atoms with Crippen LogP contribution in [0.4, 0.5) is 14.7 Å². The number of ether oxygens (including phenoxy) is 1. The van der Waals surface area contributed by atoms with Crippen LogP contribution in [-0.4, -0.2) is 42.1 Å². The lowest BCUT2D eigenvalue weighted by Gasteiger charge is -2.32. The average Bonchev–Trinajstić information content (AvgIpc) is 2.63. The number of nitrogens with zero attached hydrogens (tertiary/aromatic N) is 3. The van der Waals surface area contributed by atoms with Crippen LogP contribution in [0.25, 0.3) is 0 Å². The Labute approximate surface area is 150 Å². The van der Waals surface area contributed by atoms with Gasteiger partial charge in [-0.15, -0.1) is 0 Å². The van der Waals surface area contributed by atoms with E-state index in [0.717, 1.165) is 6.07 Å². The summed E-state index contributed by atoms with van der Waals surface area (Å²) in [5.74, 6) is -1.05. The van der Waals surface area contributed by atoms with E-state index >= 15 is 0 Å². The van der Waals surface area contributed by atoms with Crippen molar-refractivity contribution >= 4 is 11.9 Å². The first kappa shape index (κ1) is 18.0. The van der Waals surface area contributed by atoms with E-state index < -0.39 is 11.6 Å². The maximum absolute atomic E-state index is 13.7. The smallest absolute Gasteiger partial charge is 0.269 e. The summed E-state index contributed by atoms with van der Waals surface area (Å²) in [6, 6.07) is 4.92. The Morgan fingerprint density at radius 1 is 1.23 bits per heavy atom. The fourth-order valence-electron chi connectivity index (χ4n) is 2.86. The lowest BCUT2D eigenvalue weighted by molar-refractivity contribution is 0.0957. The van der Waals surface area contributed by atoms with Gasteiger partial charge in [-0.1, -0.05) is 0 Å². The van der Waals surface area contributed by atoms with Gasteiger partial charge < -0.3 is 15.0 Å². The minimum atomic E-state index is -0.704. The van der Waals surface area contributed by atoms with Crippen molar-refractivity contribution < 1.29 is 18.3 Å². The van der Waals surface area contributed by atoms with Crippen LogP contribution in [0.2, 0.25) is 0 Å². The molecule has 1 amide bonds. The fraction of sp³-hybridized carbons (Fsp3) is 0.389. The van der Waals surface area contributed by atoms with Crippen molar-refractivity contribution in [2.75, 3.05) is 25.0 Å². The van der Waals surface area contributed by atoms with Gasteiger partial charge in [0.15, 0.2) is 11.6 Å². The van der Waals surface area contributed by atoms with E-state index in [1.54, 1.807) is 13.1 Å². The summed E-state index contributed by atoms with van der Waals surface area (Å²) >= 11 is 0. The highest BCUT2D eigenvalue weighted by molar-refractivity contribution is 5.92. The molecule has 0 aliphatic carbocycles. The van der Waals surface area contributed by atoms with Gasteiger partial charge in [0.1, 0.15) is 17.6 Å². The highest BCUT2D eigenvalue weighted by Gasteiger charge is 2.24. The van der Waals surface area contributed by atoms with Gasteiger partial charge in [0.05, 0.1) is 0 Å². The molecule has 1 aliphatic rings. The van der Waals surface area contributed by atoms with E-state index in [9.17, 15) is 13.6 Å². The second-order valence-corrected chi connectivity index (χ2v) is 6.15. The first-order valence-corrected chi connectivity index (χ1v) is 8.40. The maximum Gasteiger partial charge on any atom is 0.269 e. The van der Waals surface area contributed by atoms with Gasteiger partial charge in [-0.05, 0) is 25.1 Å². The molecule has 0 bridgehead atoms. The predicted molar refractivity (Wildman–Crippen MR) is 92.4 cm³/mol. The SMILES string of the molecule is CNC(=O)c1cc(C)nc(N2CCC(Oc3ccc(F)cc3F)CC2)n1. The molecule has 2 heterocycles. The van der Waals surface area contributed by atoms with Crippen LogP contribution in [0, 0.1) is 18.6 Å². The van der Waals surface area contributed by atoms with E-state index in [4.69, 9.17) is 4.74 Å². The van der Waals surface area contributed by atoms with Crippen LogP contribution >= 0.6 is 0 Å². The topological polar surface area (TPSA) is 67.4 Å². The van der Waals surface area contributed by atoms with E-state index in [-0.39, 0.29) is 17.8 Å². The normalized spacial score (nSPS) is 15.0. The minimum Gasteiger partial charge on any atom is -0.487 e. The van der Waals surface area contributed by atoms with E-state index in [0.29, 0.717) is 43.3 Å². The van der Waals surface area contributed by atoms with Gasteiger partial charge >= 0.3 is 0 Å². The summed E-state index contributed by atoms with van der Waals surface area (Å²) in [5, 5.41) is 2.55. The summed E-state index contributed by atoms with van der Waals surface area (Å²) in [7, 11) is 1.55. The first-order chi connectivity index (χ1) is 12.5. The molecule has 1 aromatic carbocycles. The lowest BCUT2D eigenvalue weighted by Crippen LogP contribution is -2.39. The molecule has 1 N–H and O–H groups in total. The zero-order valence-electron chi connectivity index (χ0n) is 14.6. The number of aryl methyl sites for hydroxylation is 1. The average molecular weight is 362 g/mol. The molecule has 3 rings (SSSR count). The van der Waals surface area contributed by atoms with Gasteiger partial charge in [-0.2, -0.15) is 0 Å². The standard InChI is InChI=1S/C18H20F2N4O2/c1-11-9-15(17(25)21-2)23-18(22-11)24-7-5-13(6-8-24)26-16-4-3-12(19)10-14(16)20/h3-4,9-10,13H,5-8H2,1-2H3,(H,21,25). The molecule has 8 heteroatoms. The molecule has 0 radical (unpaired) electrons. The number of carbonyl (C=O) groups excluding carboxylic acids is 1. The molecule has 0 atom stereocenters. The molecule has 6 nitrogen and oxygen atoms in total. The zero-order chi connectivity index (χ0) is 18.7. The van der Waals surface area contributed by atoms with Crippen LogP contribution in [0.3, 0.4) is 0 Å². The van der Waals surface area contributed by atoms with Crippen molar-refractivity contribution in [3.8, 4) is 5.75 Å². The summed E-state index contributed by atoms with van der Waals surface area (Å²) in [4.78, 5) is 22.5. The molecular formula is C18H20F2N4O2. The molecule has 138 valence electrons. The van der Waals surface area contributed by atoms with Crippen molar-refractivity contribution in [1.29, 1.82) is 0 Å². The van der Waals surface area contributed by atoms with Crippen molar-refractivity contribution in [3.05, 3.63) is 47.3 Å². The van der Waals surface area contributed by atoms with Gasteiger partial charge in [0, 0.05) is 44.7 Å². The number of aromatic nitrogens is 2. The molecule has 0 saturated carbocycles. The Bertz CT molecular complexity index is 808. The minimum absolute atomic E-state index is 0.0542. The van der Waals surface area contributed by atoms with Crippen molar-refractivity contribution in [2.24, 2.45) is 0 Å². The van der Waals surface area contributed by atoms with Gasteiger partial charge in [-0.3, -0.25) is 4.79 Å². The monoisotopic (exact) mass is 362 g/mol. The van der Waals surface area contributed by atoms with Crippen molar-refractivity contribution in [1.82, 2.24) is 15.3 Å². The Kier molecular flexibility index (Phi) is 5.29. The number of benzene rings is 1. The number of carbonyl (C=O) groups is 1. The number of anilines is 1. The number of piperidine rings is 1. The Morgan fingerprint density at radius 3 is 2.62 bits per heavy atom. The largest absolute Gasteiger partial charge is 0.487 e. The molecular weight excluding hydrogens is 342 g/mol. The molecule has 0 unspecified atom stereocenters. The summed E-state index contributed by atoms with van der Waals surface area (Å²) in [6.07, 6.45) is 1.11. The van der Waals surface area contributed by atoms with Crippen molar-refractivity contribution in [3.63, 3.8) is 0 Å². The number of hydrogen-bond donors (Lipinski definition) is 1. The van der Waals surface area contributed by atoms with Crippen LogP contribution in [-0.2, 0) is 0 Å². The highest BCUT2D eigenvalue weighted by atomic mass is 19.1. The van der Waals surface area contributed by atoms with Crippen LogP contribution in [0.5, 0.6) is 5.75 Å². The molecule has 1 aromatic heterocycles. The predicted octanol–water partition coefficient (Wildman–Crippen LogP) is 2.47. The Hall–Kier alpha value is -2.77. The molecule has 1 aliphatic heterocycles. The quantitative estimate of drug-likeness (QED) is 0.905. The zero-order valence-corrected chi connectivity index (χ0v) is 14.6. The second-order valence-electron chi connectivity index (χ2n) is 6.15. The number of halogens is 2. The van der Waals surface area contributed by atoms with Crippen LogP contribution in [0.15, 0.2) is 24.3 Å². The number of nitrogens with one attached hydrogen (secondary N) is 1. The molecule has 0 spiro atoms. The molecule has 26 heavy (non-hydrogen) atoms. The molecule has 2 aromatic rings. The second kappa shape index (κ2) is 7.63. The molecule has 1 saturated heterocycles. The highest BCUT2D eigenvalue weighted by Crippen LogP contribution is 2.24. The number of amides is 1. The maximum atomic E-state index is 13.7. The van der Waals surface area contributed by atoms with Crippen LogP contribution in [0.1, 0.15) is 29.0 Å². The number of hydrogen-bond acceptors (Lipinski definition) is 5. The van der Waals surface area contributed by atoms with E-state index in [1.807, 2.05) is 11.8 Å². The summed E-state index contributed by atoms with van der Waals surface area (Å²) in [5.41, 5.74) is 1.03. The fourth-order valence-corrected chi connectivity index (χ4v) is 2.86. The third-order valence-corrected chi connectivity index (χ3v) is 4.21. The van der Waals surface area contributed by atoms with E-state index in [2.05, 4.69) is 15.3 Å². The summed E-state index contributed by atoms with van der Waals surface area (Å²) < 4.78 is 32.3. The van der Waals surface area contributed by atoms with Gasteiger partial charge in [-0.25, -0.2) is 18.7 Å². The Balaban J connectivity index is 1.65. The van der Waals surface area contributed by atoms with Crippen molar-refractivity contribution in [2.45, 2.75) is 25.9 Å². The molecule has 1 fully saturated rings. The first-order valence-electron chi connectivity index (χ1n) is 8.40. The number of rotatable bonds is 4. The van der Waals surface area contributed by atoms with Gasteiger partial charge in [0.2, 0.25) is 5.95 Å².